The first-order chi connectivity index (χ1) is 6.79. The maximum absolute atomic E-state index is 11.1. The molecule has 1 atom stereocenters. The molecule has 1 unspecified atom stereocenters. The summed E-state index contributed by atoms with van der Waals surface area (Å²) in [5.41, 5.74) is 0.758. The van der Waals surface area contributed by atoms with Crippen molar-refractivity contribution in [1.29, 1.82) is 0 Å². The molecule has 1 saturated heterocycles. The molecular weight excluding hydrogens is 182 g/mol. The molecule has 1 N–H and O–H groups in total. The van der Waals surface area contributed by atoms with Crippen LogP contribution in [0.1, 0.15) is 11.5 Å². The molecule has 1 aromatic rings. The minimum atomic E-state index is -0.800. The van der Waals surface area contributed by atoms with E-state index in [-0.39, 0.29) is 5.92 Å². The molecule has 1 fully saturated rings. The number of aromatic nitrogens is 1. The van der Waals surface area contributed by atoms with E-state index in [0.29, 0.717) is 13.2 Å². The summed E-state index contributed by atoms with van der Waals surface area (Å²) < 4.78 is 5.00. The molecule has 0 bridgehead atoms. The van der Waals surface area contributed by atoms with Gasteiger partial charge in [0.25, 0.3) is 0 Å². The predicted octanol–water partition coefficient (Wildman–Crippen LogP) is 0.896. The van der Waals surface area contributed by atoms with Crippen LogP contribution < -0.4 is 0 Å². The number of carboxylic acid groups (broad SMARTS) is 1. The molecule has 1 aliphatic rings. The van der Waals surface area contributed by atoms with E-state index >= 15 is 0 Å². The van der Waals surface area contributed by atoms with Crippen LogP contribution in [-0.2, 0) is 9.53 Å². The topological polar surface area (TPSA) is 59.4 Å². The molecular formula is C10H11NO3. The van der Waals surface area contributed by atoms with Crippen LogP contribution in [0.25, 0.3) is 0 Å². The van der Waals surface area contributed by atoms with Crippen molar-refractivity contribution in [2.24, 2.45) is 5.92 Å². The van der Waals surface area contributed by atoms with Gasteiger partial charge in [0, 0.05) is 18.3 Å². The van der Waals surface area contributed by atoms with Gasteiger partial charge in [-0.1, -0.05) is 6.07 Å². The zero-order valence-corrected chi connectivity index (χ0v) is 7.59. The number of ether oxygens (including phenoxy) is 1. The van der Waals surface area contributed by atoms with Gasteiger partial charge >= 0.3 is 5.97 Å². The molecule has 0 saturated carbocycles. The number of nitrogens with zero attached hydrogens (tertiary/aromatic N) is 1. The van der Waals surface area contributed by atoms with Crippen LogP contribution in [-0.4, -0.2) is 29.3 Å². The summed E-state index contributed by atoms with van der Waals surface area (Å²) in [6.07, 6.45) is 3.25. The molecule has 2 heterocycles. The van der Waals surface area contributed by atoms with E-state index in [2.05, 4.69) is 4.98 Å². The van der Waals surface area contributed by atoms with Crippen molar-refractivity contribution >= 4 is 5.97 Å². The lowest BCUT2D eigenvalue weighted by Gasteiger charge is -2.31. The number of pyridine rings is 1. The second kappa shape index (κ2) is 3.75. The summed E-state index contributed by atoms with van der Waals surface area (Å²) in [4.78, 5) is 15.0. The van der Waals surface area contributed by atoms with Gasteiger partial charge in [-0.05, 0) is 11.6 Å². The van der Waals surface area contributed by atoms with Gasteiger partial charge in [-0.25, -0.2) is 0 Å². The molecule has 0 radical (unpaired) electrons. The van der Waals surface area contributed by atoms with Crippen LogP contribution in [0, 0.1) is 5.92 Å². The maximum atomic E-state index is 11.1. The van der Waals surface area contributed by atoms with Crippen LogP contribution >= 0.6 is 0 Å². The fourth-order valence-corrected chi connectivity index (χ4v) is 1.62. The summed E-state index contributed by atoms with van der Waals surface area (Å²) in [5, 5.41) is 9.08. The summed E-state index contributed by atoms with van der Waals surface area (Å²) in [7, 11) is 0. The van der Waals surface area contributed by atoms with Gasteiger partial charge < -0.3 is 9.84 Å². The van der Waals surface area contributed by atoms with Gasteiger partial charge in [0.05, 0.1) is 19.1 Å². The standard InChI is InChI=1S/C10H11NO3/c12-10(13)9(8-5-14-6-8)7-2-1-3-11-4-7/h1-4,8-9H,5-6H2,(H,12,13). The monoisotopic (exact) mass is 193 g/mol. The number of carbonyl (C=O) groups is 1. The Morgan fingerprint density at radius 3 is 2.86 bits per heavy atom. The lowest BCUT2D eigenvalue weighted by Crippen LogP contribution is -2.36. The van der Waals surface area contributed by atoms with Gasteiger partial charge in [-0.15, -0.1) is 0 Å². The Kier molecular flexibility index (Phi) is 2.45. The molecule has 4 heteroatoms. The Labute approximate surface area is 81.5 Å². The molecule has 0 aromatic carbocycles. The fourth-order valence-electron chi connectivity index (χ4n) is 1.62. The highest BCUT2D eigenvalue weighted by Gasteiger charge is 2.34. The maximum Gasteiger partial charge on any atom is 0.311 e. The molecule has 2 rings (SSSR count). The van der Waals surface area contributed by atoms with Gasteiger partial charge in [-0.3, -0.25) is 9.78 Å². The Morgan fingerprint density at radius 2 is 2.43 bits per heavy atom. The Hall–Kier alpha value is -1.42. The molecule has 0 aliphatic carbocycles. The second-order valence-corrected chi connectivity index (χ2v) is 3.40. The smallest absolute Gasteiger partial charge is 0.311 e. The average Bonchev–Trinajstić information content (AvgIpc) is 2.12. The van der Waals surface area contributed by atoms with E-state index in [1.165, 1.54) is 0 Å². The first-order valence-electron chi connectivity index (χ1n) is 4.49. The Balaban J connectivity index is 2.22. The molecule has 14 heavy (non-hydrogen) atoms. The van der Waals surface area contributed by atoms with Crippen LogP contribution in [0.5, 0.6) is 0 Å². The minimum Gasteiger partial charge on any atom is -0.481 e. The molecule has 4 nitrogen and oxygen atoms in total. The highest BCUT2D eigenvalue weighted by atomic mass is 16.5. The number of carboxylic acids is 1. The van der Waals surface area contributed by atoms with Crippen molar-refractivity contribution < 1.29 is 14.6 Å². The summed E-state index contributed by atoms with van der Waals surface area (Å²) >= 11 is 0. The van der Waals surface area contributed by atoms with Gasteiger partial charge in [-0.2, -0.15) is 0 Å². The quantitative estimate of drug-likeness (QED) is 0.774. The first kappa shape index (κ1) is 9.15. The second-order valence-electron chi connectivity index (χ2n) is 3.40. The van der Waals surface area contributed by atoms with Crippen molar-refractivity contribution in [2.75, 3.05) is 13.2 Å². The van der Waals surface area contributed by atoms with Crippen molar-refractivity contribution in [2.45, 2.75) is 5.92 Å². The normalized spacial score (nSPS) is 18.6. The third kappa shape index (κ3) is 1.61. The highest BCUT2D eigenvalue weighted by molar-refractivity contribution is 5.76. The third-order valence-electron chi connectivity index (χ3n) is 2.44. The molecule has 0 amide bonds. The van der Waals surface area contributed by atoms with E-state index in [9.17, 15) is 4.79 Å². The van der Waals surface area contributed by atoms with Crippen molar-refractivity contribution in [1.82, 2.24) is 4.98 Å². The summed E-state index contributed by atoms with van der Waals surface area (Å²) in [5.74, 6) is -1.18. The van der Waals surface area contributed by atoms with E-state index in [0.717, 1.165) is 5.56 Å². The highest BCUT2D eigenvalue weighted by Crippen LogP contribution is 2.29. The predicted molar refractivity (Wildman–Crippen MR) is 48.9 cm³/mol. The first-order valence-corrected chi connectivity index (χ1v) is 4.49. The minimum absolute atomic E-state index is 0.0942. The number of hydrogen-bond acceptors (Lipinski definition) is 3. The van der Waals surface area contributed by atoms with Crippen LogP contribution in [0.4, 0.5) is 0 Å². The van der Waals surface area contributed by atoms with Crippen molar-refractivity contribution in [3.05, 3.63) is 30.1 Å². The largest absolute Gasteiger partial charge is 0.481 e. The average molecular weight is 193 g/mol. The molecule has 0 spiro atoms. The molecule has 74 valence electrons. The van der Waals surface area contributed by atoms with E-state index in [1.54, 1.807) is 24.5 Å². The lowest BCUT2D eigenvalue weighted by atomic mass is 9.86. The number of rotatable bonds is 3. The molecule has 1 aromatic heterocycles. The fraction of sp³-hybridized carbons (Fsp3) is 0.400. The van der Waals surface area contributed by atoms with E-state index in [1.807, 2.05) is 0 Å². The lowest BCUT2D eigenvalue weighted by molar-refractivity contribution is -0.146. The zero-order valence-electron chi connectivity index (χ0n) is 7.59. The van der Waals surface area contributed by atoms with Crippen LogP contribution in [0.3, 0.4) is 0 Å². The van der Waals surface area contributed by atoms with Gasteiger partial charge in [0.2, 0.25) is 0 Å². The number of aliphatic carboxylic acids is 1. The summed E-state index contributed by atoms with van der Waals surface area (Å²) in [6, 6.07) is 3.55. The van der Waals surface area contributed by atoms with Crippen molar-refractivity contribution in [3.63, 3.8) is 0 Å². The Bertz CT molecular complexity index is 321. The third-order valence-corrected chi connectivity index (χ3v) is 2.44. The van der Waals surface area contributed by atoms with Crippen LogP contribution in [0.15, 0.2) is 24.5 Å². The Morgan fingerprint density at radius 1 is 1.64 bits per heavy atom. The van der Waals surface area contributed by atoms with Gasteiger partial charge in [0.15, 0.2) is 0 Å². The van der Waals surface area contributed by atoms with E-state index in [4.69, 9.17) is 9.84 Å². The zero-order chi connectivity index (χ0) is 9.97. The van der Waals surface area contributed by atoms with Gasteiger partial charge in [0.1, 0.15) is 0 Å². The summed E-state index contributed by atoms with van der Waals surface area (Å²) in [6.45, 7) is 1.07. The number of hydrogen-bond donors (Lipinski definition) is 1. The molecule has 1 aliphatic heterocycles. The SMILES string of the molecule is O=C(O)C(c1cccnc1)C1COC1. The van der Waals surface area contributed by atoms with E-state index < -0.39 is 11.9 Å². The van der Waals surface area contributed by atoms with Crippen LogP contribution in [0.2, 0.25) is 0 Å². The van der Waals surface area contributed by atoms with Crippen molar-refractivity contribution in [3.8, 4) is 0 Å².